The zero-order chi connectivity index (χ0) is 13.0. The van der Waals surface area contributed by atoms with Crippen molar-refractivity contribution < 1.29 is 9.68 Å². The first-order valence-corrected chi connectivity index (χ1v) is 5.73. The van der Waals surface area contributed by atoms with Crippen molar-refractivity contribution in [3.63, 3.8) is 0 Å². The van der Waals surface area contributed by atoms with Gasteiger partial charge in [-0.3, -0.25) is 0 Å². The Hall–Kier alpha value is -0.890. The van der Waals surface area contributed by atoms with Gasteiger partial charge >= 0.3 is 0 Å². The van der Waals surface area contributed by atoms with Gasteiger partial charge < -0.3 is 5.11 Å². The summed E-state index contributed by atoms with van der Waals surface area (Å²) in [5.74, 6) is 0. The Balaban J connectivity index is 5.51. The lowest BCUT2D eigenvalue weighted by Crippen LogP contribution is -2.50. The van der Waals surface area contributed by atoms with Crippen LogP contribution >= 0.6 is 0 Å². The Morgan fingerprint density at radius 1 is 1.38 bits per heavy atom. The van der Waals surface area contributed by atoms with E-state index in [9.17, 15) is 5.11 Å². The van der Waals surface area contributed by atoms with Crippen molar-refractivity contribution in [2.24, 2.45) is 5.41 Å². The van der Waals surface area contributed by atoms with E-state index in [0.29, 0.717) is 6.42 Å². The van der Waals surface area contributed by atoms with E-state index in [-0.39, 0.29) is 17.6 Å². The third-order valence-corrected chi connectivity index (χ3v) is 4.19. The first-order valence-electron chi connectivity index (χ1n) is 5.73. The summed E-state index contributed by atoms with van der Waals surface area (Å²) in [5, 5.41) is 9.26. The molecule has 0 aliphatic rings. The molecule has 0 aliphatic heterocycles. The van der Waals surface area contributed by atoms with Crippen molar-refractivity contribution in [1.82, 2.24) is 0 Å². The van der Waals surface area contributed by atoms with Gasteiger partial charge in [0.25, 0.3) is 0 Å². The second kappa shape index (κ2) is 5.44. The standard InChI is InChI=1S/C14H26NO/c1-8-12(3)14(6,10-11-16)13(4,5)15(7)9-2/h8-9,16H,1,3,10-11H2,2,4-7H3/q+1/b15-9+. The molecule has 0 aliphatic carbocycles. The first kappa shape index (κ1) is 15.1. The fourth-order valence-electron chi connectivity index (χ4n) is 2.02. The molecule has 0 aromatic heterocycles. The second-order valence-corrected chi connectivity index (χ2v) is 4.96. The summed E-state index contributed by atoms with van der Waals surface area (Å²) in [7, 11) is 2.05. The molecule has 0 heterocycles. The number of aliphatic hydroxyl groups excluding tert-OH is 1. The van der Waals surface area contributed by atoms with Crippen LogP contribution < -0.4 is 0 Å². The average molecular weight is 224 g/mol. The average Bonchev–Trinajstić information content (AvgIpc) is 2.26. The van der Waals surface area contributed by atoms with E-state index < -0.39 is 0 Å². The fourth-order valence-corrected chi connectivity index (χ4v) is 2.02. The number of hydrogen-bond donors (Lipinski definition) is 1. The highest BCUT2D eigenvalue weighted by molar-refractivity contribution is 5.47. The Morgan fingerprint density at radius 3 is 2.19 bits per heavy atom. The van der Waals surface area contributed by atoms with Crippen LogP contribution in [0.1, 0.15) is 34.1 Å². The molecule has 1 N–H and O–H groups in total. The predicted octanol–water partition coefficient (Wildman–Crippen LogP) is 2.63. The molecule has 0 fully saturated rings. The Morgan fingerprint density at radius 2 is 1.88 bits per heavy atom. The van der Waals surface area contributed by atoms with Crippen LogP contribution in [-0.2, 0) is 0 Å². The largest absolute Gasteiger partial charge is 0.396 e. The van der Waals surface area contributed by atoms with Gasteiger partial charge in [0.05, 0.1) is 5.41 Å². The minimum absolute atomic E-state index is 0.115. The van der Waals surface area contributed by atoms with Gasteiger partial charge in [-0.25, -0.2) is 4.58 Å². The first-order chi connectivity index (χ1) is 7.27. The highest BCUT2D eigenvalue weighted by atomic mass is 16.3. The smallest absolute Gasteiger partial charge is 0.165 e. The monoisotopic (exact) mass is 224 g/mol. The molecule has 0 aromatic carbocycles. The van der Waals surface area contributed by atoms with Gasteiger partial charge in [0, 0.05) is 27.4 Å². The maximum atomic E-state index is 9.26. The molecule has 0 radical (unpaired) electrons. The molecule has 1 unspecified atom stereocenters. The summed E-state index contributed by atoms with van der Waals surface area (Å²) in [6.07, 6.45) is 4.52. The highest BCUT2D eigenvalue weighted by Gasteiger charge is 2.48. The van der Waals surface area contributed by atoms with Gasteiger partial charge in [-0.15, -0.1) is 0 Å². The zero-order valence-electron chi connectivity index (χ0n) is 11.4. The molecule has 0 saturated heterocycles. The van der Waals surface area contributed by atoms with Crippen molar-refractivity contribution in [2.45, 2.75) is 39.7 Å². The van der Waals surface area contributed by atoms with Gasteiger partial charge in [-0.1, -0.05) is 19.2 Å². The molecule has 0 rings (SSSR count). The summed E-state index contributed by atoms with van der Waals surface area (Å²) >= 11 is 0. The number of allylic oxidation sites excluding steroid dienone is 1. The van der Waals surface area contributed by atoms with E-state index in [1.165, 1.54) is 0 Å². The van der Waals surface area contributed by atoms with E-state index in [1.807, 2.05) is 20.2 Å². The van der Waals surface area contributed by atoms with Crippen molar-refractivity contribution in [3.8, 4) is 0 Å². The number of rotatable bonds is 6. The summed E-state index contributed by atoms with van der Waals surface area (Å²) in [6.45, 7) is 16.5. The lowest BCUT2D eigenvalue weighted by Gasteiger charge is -2.41. The quantitative estimate of drug-likeness (QED) is 0.418. The third kappa shape index (κ3) is 2.43. The van der Waals surface area contributed by atoms with Crippen LogP contribution in [0.15, 0.2) is 24.8 Å². The van der Waals surface area contributed by atoms with Gasteiger partial charge in [0.15, 0.2) is 5.54 Å². The lowest BCUT2D eigenvalue weighted by atomic mass is 9.66. The zero-order valence-corrected chi connectivity index (χ0v) is 11.4. The molecular formula is C14H26NO+. The van der Waals surface area contributed by atoms with Crippen LogP contribution in [0.25, 0.3) is 0 Å². The number of nitrogens with zero attached hydrogens (tertiary/aromatic N) is 1. The topological polar surface area (TPSA) is 23.2 Å². The molecule has 92 valence electrons. The fraction of sp³-hybridized carbons (Fsp3) is 0.643. The second-order valence-electron chi connectivity index (χ2n) is 4.96. The van der Waals surface area contributed by atoms with E-state index in [4.69, 9.17) is 0 Å². The van der Waals surface area contributed by atoms with Crippen LogP contribution in [0.2, 0.25) is 0 Å². The van der Waals surface area contributed by atoms with E-state index in [1.54, 1.807) is 6.08 Å². The van der Waals surface area contributed by atoms with E-state index >= 15 is 0 Å². The molecule has 2 heteroatoms. The van der Waals surface area contributed by atoms with Crippen LogP contribution in [-0.4, -0.2) is 35.1 Å². The Bertz CT molecular complexity index is 302. The SMILES string of the molecule is C=CC(=C)C(C)(CCO)C(C)(C)/[N+](C)=C/C. The third-order valence-electron chi connectivity index (χ3n) is 4.19. The van der Waals surface area contributed by atoms with Crippen molar-refractivity contribution in [1.29, 1.82) is 0 Å². The molecule has 0 spiro atoms. The molecule has 0 saturated carbocycles. The van der Waals surface area contributed by atoms with Gasteiger partial charge in [0.1, 0.15) is 13.3 Å². The van der Waals surface area contributed by atoms with E-state index in [2.05, 4.69) is 38.5 Å². The molecular weight excluding hydrogens is 198 g/mol. The highest BCUT2D eigenvalue weighted by Crippen LogP contribution is 2.42. The Kier molecular flexibility index (Phi) is 5.14. The Labute approximate surface area is 100 Å². The van der Waals surface area contributed by atoms with Gasteiger partial charge in [0.2, 0.25) is 0 Å². The van der Waals surface area contributed by atoms with Gasteiger partial charge in [-0.2, -0.15) is 0 Å². The molecule has 16 heavy (non-hydrogen) atoms. The van der Waals surface area contributed by atoms with Crippen molar-refractivity contribution in [2.75, 3.05) is 13.7 Å². The number of hydrogen-bond acceptors (Lipinski definition) is 1. The van der Waals surface area contributed by atoms with E-state index in [0.717, 1.165) is 5.57 Å². The van der Waals surface area contributed by atoms with Crippen LogP contribution in [0.3, 0.4) is 0 Å². The van der Waals surface area contributed by atoms with Crippen LogP contribution in [0.5, 0.6) is 0 Å². The van der Waals surface area contributed by atoms with Gasteiger partial charge in [-0.05, 0) is 18.9 Å². The molecule has 0 amide bonds. The van der Waals surface area contributed by atoms with Crippen LogP contribution in [0, 0.1) is 5.41 Å². The minimum atomic E-state index is -0.190. The molecule has 0 aromatic rings. The normalized spacial score (nSPS) is 16.8. The summed E-state index contributed by atoms with van der Waals surface area (Å²) in [6, 6.07) is 0. The summed E-state index contributed by atoms with van der Waals surface area (Å²) in [4.78, 5) is 0. The maximum Gasteiger partial charge on any atom is 0.165 e. The van der Waals surface area contributed by atoms with Crippen molar-refractivity contribution >= 4 is 6.21 Å². The minimum Gasteiger partial charge on any atom is -0.396 e. The predicted molar refractivity (Wildman–Crippen MR) is 71.1 cm³/mol. The molecule has 2 nitrogen and oxygen atoms in total. The lowest BCUT2D eigenvalue weighted by molar-refractivity contribution is -0.589. The summed E-state index contributed by atoms with van der Waals surface area (Å²) < 4.78 is 2.16. The molecule has 1 atom stereocenters. The molecule has 0 bridgehead atoms. The van der Waals surface area contributed by atoms with Crippen molar-refractivity contribution in [3.05, 3.63) is 24.8 Å². The van der Waals surface area contributed by atoms with Crippen LogP contribution in [0.4, 0.5) is 0 Å². The summed E-state index contributed by atoms with van der Waals surface area (Å²) in [5.41, 5.74) is 0.667. The maximum absolute atomic E-state index is 9.26. The number of aliphatic hydroxyl groups is 1.